The van der Waals surface area contributed by atoms with Crippen LogP contribution < -0.4 is 10.2 Å². The molecule has 7 rings (SSSR count). The number of rotatable bonds is 5. The summed E-state index contributed by atoms with van der Waals surface area (Å²) in [7, 11) is 0. The summed E-state index contributed by atoms with van der Waals surface area (Å²) in [6.07, 6.45) is 8.52. The van der Waals surface area contributed by atoms with Crippen LogP contribution in [0.25, 0.3) is 10.8 Å². The van der Waals surface area contributed by atoms with Crippen LogP contribution in [-0.4, -0.2) is 70.7 Å². The van der Waals surface area contributed by atoms with Gasteiger partial charge in [-0.15, -0.1) is 0 Å². The molecule has 1 unspecified atom stereocenters. The van der Waals surface area contributed by atoms with Gasteiger partial charge < -0.3 is 9.64 Å². The highest BCUT2D eigenvalue weighted by atomic mass is 16.5. The van der Waals surface area contributed by atoms with Crippen molar-refractivity contribution in [2.24, 2.45) is 5.41 Å². The number of benzene rings is 2. The normalized spacial score (nSPS) is 22.6. The van der Waals surface area contributed by atoms with E-state index in [2.05, 4.69) is 18.4 Å². The molecule has 3 aromatic rings. The average molecular weight is 570 g/mol. The van der Waals surface area contributed by atoms with E-state index in [1.165, 1.54) is 0 Å². The molecule has 2 aromatic carbocycles. The topological polar surface area (TPSA) is 114 Å². The molecule has 10 heteroatoms. The second kappa shape index (κ2) is 10.3. The number of aromatic nitrogens is 2. The lowest BCUT2D eigenvalue weighted by Gasteiger charge is -2.40. The van der Waals surface area contributed by atoms with Crippen LogP contribution in [0.15, 0.2) is 42.7 Å². The fourth-order valence-corrected chi connectivity index (χ4v) is 7.10. The molecule has 218 valence electrons. The Hall–Kier alpha value is -4.05. The van der Waals surface area contributed by atoms with Gasteiger partial charge in [-0.3, -0.25) is 34.1 Å². The number of anilines is 1. The van der Waals surface area contributed by atoms with E-state index in [0.29, 0.717) is 31.6 Å². The zero-order valence-electron chi connectivity index (χ0n) is 23.8. The van der Waals surface area contributed by atoms with Crippen molar-refractivity contribution in [1.29, 1.82) is 0 Å². The summed E-state index contributed by atoms with van der Waals surface area (Å²) in [6, 6.07) is 9.21. The first-order valence-corrected chi connectivity index (χ1v) is 14.9. The summed E-state index contributed by atoms with van der Waals surface area (Å²) in [4.78, 5) is 54.6. The summed E-state index contributed by atoms with van der Waals surface area (Å²) < 4.78 is 7.52. The zero-order chi connectivity index (χ0) is 29.0. The molecule has 3 fully saturated rings. The van der Waals surface area contributed by atoms with E-state index in [1.54, 1.807) is 11.0 Å². The van der Waals surface area contributed by atoms with Gasteiger partial charge in [0.05, 0.1) is 23.3 Å². The lowest BCUT2D eigenvalue weighted by molar-refractivity contribution is -0.148. The molecular formula is C32H35N5O5. The van der Waals surface area contributed by atoms with E-state index in [0.717, 1.165) is 66.4 Å². The lowest BCUT2D eigenvalue weighted by atomic mass is 9.80. The molecule has 4 aliphatic rings. The van der Waals surface area contributed by atoms with Gasteiger partial charge in [-0.1, -0.05) is 25.1 Å². The maximum Gasteiger partial charge on any atom is 0.259 e. The number of amides is 4. The van der Waals surface area contributed by atoms with Crippen LogP contribution in [0.5, 0.6) is 0 Å². The van der Waals surface area contributed by atoms with E-state index in [-0.39, 0.29) is 35.6 Å². The number of piperidine rings is 2. The Morgan fingerprint density at radius 2 is 1.86 bits per heavy atom. The highest BCUT2D eigenvalue weighted by Gasteiger charge is 2.41. The van der Waals surface area contributed by atoms with Gasteiger partial charge >= 0.3 is 0 Å². The zero-order valence-corrected chi connectivity index (χ0v) is 23.8. The van der Waals surface area contributed by atoms with Crippen LogP contribution >= 0.6 is 0 Å². The Bertz CT molecular complexity index is 1600. The highest BCUT2D eigenvalue weighted by molar-refractivity contribution is 6.27. The number of nitrogens with one attached hydrogen (secondary N) is 1. The summed E-state index contributed by atoms with van der Waals surface area (Å²) in [5.41, 5.74) is 3.15. The third-order valence-electron chi connectivity index (χ3n) is 9.63. The Kier molecular flexibility index (Phi) is 6.61. The van der Waals surface area contributed by atoms with Gasteiger partial charge in [0, 0.05) is 56.3 Å². The molecule has 5 heterocycles. The molecule has 1 N–H and O–H groups in total. The minimum atomic E-state index is -0.698. The van der Waals surface area contributed by atoms with Gasteiger partial charge in [0.15, 0.2) is 0 Å². The molecule has 0 bridgehead atoms. The number of nitrogens with zero attached hydrogens (tertiary/aromatic N) is 4. The molecule has 0 spiro atoms. The molecule has 10 nitrogen and oxygen atoms in total. The van der Waals surface area contributed by atoms with Crippen LogP contribution in [0, 0.1) is 5.41 Å². The number of hydrogen-bond donors (Lipinski definition) is 1. The Morgan fingerprint density at radius 1 is 1.07 bits per heavy atom. The highest BCUT2D eigenvalue weighted by Crippen LogP contribution is 2.41. The van der Waals surface area contributed by atoms with Crippen LogP contribution in [0.2, 0.25) is 0 Å². The Labute approximate surface area is 244 Å². The van der Waals surface area contributed by atoms with Crippen molar-refractivity contribution in [3.05, 3.63) is 59.4 Å². The SMILES string of the molecule is CC1(C(=O)N2CCC(n3cc(Cc4ccc5c6c(cccc46)C(=O)N5C4CCC(=O)NC4=O)cn3)CC2)CCOCC1. The van der Waals surface area contributed by atoms with Crippen molar-refractivity contribution >= 4 is 40.1 Å². The maximum absolute atomic E-state index is 13.4. The number of hydrogen-bond acceptors (Lipinski definition) is 6. The van der Waals surface area contributed by atoms with Gasteiger partial charge in [-0.25, -0.2) is 0 Å². The molecule has 0 saturated carbocycles. The van der Waals surface area contributed by atoms with E-state index in [4.69, 9.17) is 9.84 Å². The van der Waals surface area contributed by atoms with Gasteiger partial charge in [-0.2, -0.15) is 5.10 Å². The molecule has 42 heavy (non-hydrogen) atoms. The molecule has 1 aromatic heterocycles. The Morgan fingerprint density at radius 3 is 2.62 bits per heavy atom. The number of likely N-dealkylation sites (tertiary alicyclic amines) is 1. The van der Waals surface area contributed by atoms with E-state index in [9.17, 15) is 19.2 Å². The summed E-state index contributed by atoms with van der Waals surface area (Å²) in [5, 5.41) is 8.91. The maximum atomic E-state index is 13.4. The largest absolute Gasteiger partial charge is 0.381 e. The van der Waals surface area contributed by atoms with E-state index < -0.39 is 11.9 Å². The second-order valence-electron chi connectivity index (χ2n) is 12.3. The van der Waals surface area contributed by atoms with Crippen molar-refractivity contribution in [3.63, 3.8) is 0 Å². The number of imide groups is 1. The van der Waals surface area contributed by atoms with Crippen LogP contribution in [0.4, 0.5) is 5.69 Å². The molecule has 0 aliphatic carbocycles. The van der Waals surface area contributed by atoms with Crippen molar-refractivity contribution in [2.45, 2.75) is 64.0 Å². The van der Waals surface area contributed by atoms with Gasteiger partial charge in [0.25, 0.3) is 5.91 Å². The van der Waals surface area contributed by atoms with Crippen LogP contribution in [0.1, 0.15) is 73.0 Å². The fourth-order valence-electron chi connectivity index (χ4n) is 7.10. The second-order valence-corrected chi connectivity index (χ2v) is 12.3. The smallest absolute Gasteiger partial charge is 0.259 e. The molecule has 4 amide bonds. The van der Waals surface area contributed by atoms with Crippen molar-refractivity contribution < 1.29 is 23.9 Å². The third-order valence-corrected chi connectivity index (χ3v) is 9.63. The summed E-state index contributed by atoms with van der Waals surface area (Å²) in [6.45, 7) is 4.86. The predicted molar refractivity (Wildman–Crippen MR) is 155 cm³/mol. The Balaban J connectivity index is 1.07. The van der Waals surface area contributed by atoms with E-state index in [1.807, 2.05) is 40.0 Å². The number of ether oxygens (including phenoxy) is 1. The third kappa shape index (κ3) is 4.48. The minimum Gasteiger partial charge on any atom is -0.381 e. The van der Waals surface area contributed by atoms with E-state index >= 15 is 0 Å². The molecule has 0 radical (unpaired) electrons. The first-order valence-electron chi connectivity index (χ1n) is 14.9. The minimum absolute atomic E-state index is 0.203. The summed E-state index contributed by atoms with van der Waals surface area (Å²) in [5.74, 6) is -0.673. The quantitative estimate of drug-likeness (QED) is 0.472. The average Bonchev–Trinajstić information content (AvgIpc) is 3.58. The number of carbonyl (C=O) groups excluding carboxylic acids is 4. The monoisotopic (exact) mass is 569 g/mol. The van der Waals surface area contributed by atoms with Crippen molar-refractivity contribution in [2.75, 3.05) is 31.2 Å². The van der Waals surface area contributed by atoms with Gasteiger partial charge in [0.1, 0.15) is 6.04 Å². The van der Waals surface area contributed by atoms with Crippen molar-refractivity contribution in [1.82, 2.24) is 20.0 Å². The van der Waals surface area contributed by atoms with Gasteiger partial charge in [-0.05, 0) is 60.7 Å². The molecule has 1 atom stereocenters. The first-order chi connectivity index (χ1) is 20.3. The standard InChI is InChI=1S/C32H35N5O5/c1-32(11-15-42-16-12-32)31(41)35-13-9-22(10-14-35)36-19-20(18-33-36)17-21-5-6-25-28-23(21)3-2-4-24(28)30(40)37(25)26-7-8-27(38)34-29(26)39/h2-6,18-19,22,26H,7-17H2,1H3,(H,34,38,39). The molecule has 3 saturated heterocycles. The van der Waals surface area contributed by atoms with Crippen LogP contribution in [0.3, 0.4) is 0 Å². The predicted octanol–water partition coefficient (Wildman–Crippen LogP) is 3.37. The summed E-state index contributed by atoms with van der Waals surface area (Å²) >= 11 is 0. The first kappa shape index (κ1) is 26.8. The van der Waals surface area contributed by atoms with Gasteiger partial charge in [0.2, 0.25) is 17.7 Å². The fraction of sp³-hybridized carbons (Fsp3) is 0.469. The molecular weight excluding hydrogens is 534 g/mol. The van der Waals surface area contributed by atoms with Crippen LogP contribution in [-0.2, 0) is 25.5 Å². The number of carbonyl (C=O) groups is 4. The molecule has 4 aliphatic heterocycles. The lowest BCUT2D eigenvalue weighted by Crippen LogP contribution is -2.53. The van der Waals surface area contributed by atoms with Crippen molar-refractivity contribution in [3.8, 4) is 0 Å².